The Morgan fingerprint density at radius 1 is 1.09 bits per heavy atom. The molecule has 2 fully saturated rings. The Hall–Kier alpha value is -3.12. The molecule has 1 N–H and O–H groups in total. The summed E-state index contributed by atoms with van der Waals surface area (Å²) in [5, 5.41) is 3.78. The van der Waals surface area contributed by atoms with Gasteiger partial charge in [0, 0.05) is 36.9 Å². The molecule has 1 aliphatic carbocycles. The van der Waals surface area contributed by atoms with Gasteiger partial charge < -0.3 is 19.5 Å². The molecule has 172 valence electrons. The molecule has 0 bridgehead atoms. The lowest BCUT2D eigenvalue weighted by Gasteiger charge is -2.29. The first-order chi connectivity index (χ1) is 16.1. The molecule has 2 heterocycles. The number of carbonyl (C=O) groups is 1. The van der Waals surface area contributed by atoms with Crippen molar-refractivity contribution < 1.29 is 9.53 Å². The van der Waals surface area contributed by atoms with Crippen LogP contribution in [-0.4, -0.2) is 36.8 Å². The Balaban J connectivity index is 1.51. The van der Waals surface area contributed by atoms with Crippen LogP contribution in [0.25, 0.3) is 10.9 Å². The molecule has 0 unspecified atom stereocenters. The van der Waals surface area contributed by atoms with Crippen LogP contribution < -0.4 is 15.6 Å². The third kappa shape index (κ3) is 4.27. The molecule has 2 aliphatic rings. The number of amides is 1. The summed E-state index contributed by atoms with van der Waals surface area (Å²) in [5.41, 5.74) is 2.74. The SMILES string of the molecule is CCCCn1cc(C(=O)NC2(c3ccccc3)CC2)c(=O)c2ccc(N3CCOCC3)cc21. The van der Waals surface area contributed by atoms with Gasteiger partial charge in [-0.3, -0.25) is 9.59 Å². The minimum atomic E-state index is -0.353. The number of unbranched alkanes of at least 4 members (excludes halogenated alkanes) is 1. The first kappa shape index (κ1) is 21.7. The van der Waals surface area contributed by atoms with E-state index in [0.29, 0.717) is 18.6 Å². The number of hydrogen-bond acceptors (Lipinski definition) is 4. The highest BCUT2D eigenvalue weighted by Crippen LogP contribution is 2.45. The predicted octanol–water partition coefficient (Wildman–Crippen LogP) is 4.06. The smallest absolute Gasteiger partial charge is 0.257 e. The molecule has 6 nitrogen and oxygen atoms in total. The number of morpholine rings is 1. The Morgan fingerprint density at radius 3 is 2.55 bits per heavy atom. The van der Waals surface area contributed by atoms with Crippen LogP contribution in [0, 0.1) is 0 Å². The van der Waals surface area contributed by atoms with Crippen molar-refractivity contribution >= 4 is 22.5 Å². The van der Waals surface area contributed by atoms with E-state index in [-0.39, 0.29) is 22.4 Å². The second-order valence-electron chi connectivity index (χ2n) is 9.12. The number of hydrogen-bond donors (Lipinski definition) is 1. The molecule has 2 aromatic carbocycles. The van der Waals surface area contributed by atoms with Crippen LogP contribution >= 0.6 is 0 Å². The highest BCUT2D eigenvalue weighted by atomic mass is 16.5. The number of pyridine rings is 1. The van der Waals surface area contributed by atoms with Gasteiger partial charge in [-0.2, -0.15) is 0 Å². The molecule has 1 saturated carbocycles. The number of rotatable bonds is 7. The second-order valence-corrected chi connectivity index (χ2v) is 9.12. The number of aromatic nitrogens is 1. The fraction of sp³-hybridized carbons (Fsp3) is 0.407. The number of nitrogens with zero attached hydrogens (tertiary/aromatic N) is 2. The monoisotopic (exact) mass is 445 g/mol. The van der Waals surface area contributed by atoms with Crippen LogP contribution in [0.1, 0.15) is 48.5 Å². The molecule has 3 aromatic rings. The largest absolute Gasteiger partial charge is 0.378 e. The average Bonchev–Trinajstić information content (AvgIpc) is 3.65. The van der Waals surface area contributed by atoms with Gasteiger partial charge in [-0.15, -0.1) is 0 Å². The molecule has 1 aromatic heterocycles. The number of aryl methyl sites for hydroxylation is 1. The summed E-state index contributed by atoms with van der Waals surface area (Å²) >= 11 is 0. The normalized spacial score (nSPS) is 17.2. The topological polar surface area (TPSA) is 63.6 Å². The van der Waals surface area contributed by atoms with E-state index < -0.39 is 0 Å². The molecule has 1 saturated heterocycles. The van der Waals surface area contributed by atoms with Gasteiger partial charge in [0.25, 0.3) is 5.91 Å². The first-order valence-electron chi connectivity index (χ1n) is 12.0. The van der Waals surface area contributed by atoms with Crippen molar-refractivity contribution in [3.05, 3.63) is 76.1 Å². The molecule has 0 atom stereocenters. The van der Waals surface area contributed by atoms with Gasteiger partial charge in [0.2, 0.25) is 5.43 Å². The lowest BCUT2D eigenvalue weighted by atomic mass is 10.0. The van der Waals surface area contributed by atoms with Crippen LogP contribution in [0.2, 0.25) is 0 Å². The Labute approximate surface area is 194 Å². The molecule has 1 amide bonds. The van der Waals surface area contributed by atoms with Crippen molar-refractivity contribution in [2.45, 2.75) is 44.7 Å². The van der Waals surface area contributed by atoms with E-state index in [1.54, 1.807) is 6.20 Å². The van der Waals surface area contributed by atoms with Crippen LogP contribution in [0.5, 0.6) is 0 Å². The summed E-state index contributed by atoms with van der Waals surface area (Å²) in [5.74, 6) is -0.286. The van der Waals surface area contributed by atoms with Gasteiger partial charge in [-0.1, -0.05) is 43.7 Å². The molecule has 33 heavy (non-hydrogen) atoms. The van der Waals surface area contributed by atoms with Gasteiger partial charge in [0.1, 0.15) is 5.56 Å². The number of carbonyl (C=O) groups excluding carboxylic acids is 1. The number of ether oxygens (including phenoxy) is 1. The van der Waals surface area contributed by atoms with E-state index in [1.807, 2.05) is 42.5 Å². The van der Waals surface area contributed by atoms with Gasteiger partial charge >= 0.3 is 0 Å². The van der Waals surface area contributed by atoms with Crippen molar-refractivity contribution in [2.75, 3.05) is 31.2 Å². The zero-order valence-corrected chi connectivity index (χ0v) is 19.2. The lowest BCUT2D eigenvalue weighted by Crippen LogP contribution is -2.38. The second kappa shape index (κ2) is 9.02. The Kier molecular flexibility index (Phi) is 5.94. The lowest BCUT2D eigenvalue weighted by molar-refractivity contribution is 0.0929. The summed E-state index contributed by atoms with van der Waals surface area (Å²) < 4.78 is 7.57. The standard InChI is InChI=1S/C27H31N3O3/c1-2-3-13-30-19-23(26(32)28-27(11-12-27)20-7-5-4-6-8-20)25(31)22-10-9-21(18-24(22)30)29-14-16-33-17-15-29/h4-10,18-19H,2-3,11-17H2,1H3,(H,28,32). The number of fused-ring (bicyclic) bond motifs is 1. The van der Waals surface area contributed by atoms with Gasteiger partial charge in [-0.25, -0.2) is 0 Å². The van der Waals surface area contributed by atoms with Crippen molar-refractivity contribution in [1.82, 2.24) is 9.88 Å². The molecule has 1 aliphatic heterocycles. The van der Waals surface area contributed by atoms with Gasteiger partial charge in [-0.05, 0) is 43.0 Å². The van der Waals surface area contributed by atoms with E-state index in [2.05, 4.69) is 27.8 Å². The third-order valence-corrected chi connectivity index (χ3v) is 6.87. The fourth-order valence-electron chi connectivity index (χ4n) is 4.72. The molecule has 5 rings (SSSR count). The highest BCUT2D eigenvalue weighted by Gasteiger charge is 2.45. The predicted molar refractivity (Wildman–Crippen MR) is 131 cm³/mol. The van der Waals surface area contributed by atoms with E-state index in [4.69, 9.17) is 4.74 Å². The maximum atomic E-state index is 13.4. The van der Waals surface area contributed by atoms with Gasteiger partial charge in [0.05, 0.1) is 24.3 Å². The van der Waals surface area contributed by atoms with Crippen molar-refractivity contribution in [3.63, 3.8) is 0 Å². The highest BCUT2D eigenvalue weighted by molar-refractivity contribution is 5.98. The van der Waals surface area contributed by atoms with E-state index >= 15 is 0 Å². The minimum absolute atomic E-state index is 0.201. The Bertz CT molecular complexity index is 1210. The van der Waals surface area contributed by atoms with E-state index in [0.717, 1.165) is 62.1 Å². The number of benzene rings is 2. The van der Waals surface area contributed by atoms with Gasteiger partial charge in [0.15, 0.2) is 0 Å². The van der Waals surface area contributed by atoms with Crippen molar-refractivity contribution in [3.8, 4) is 0 Å². The summed E-state index contributed by atoms with van der Waals surface area (Å²) in [7, 11) is 0. The molecule has 0 spiro atoms. The van der Waals surface area contributed by atoms with Crippen LogP contribution in [-0.2, 0) is 16.8 Å². The number of anilines is 1. The third-order valence-electron chi connectivity index (χ3n) is 6.87. The molecule has 6 heteroatoms. The van der Waals surface area contributed by atoms with Crippen LogP contribution in [0.4, 0.5) is 5.69 Å². The van der Waals surface area contributed by atoms with Crippen LogP contribution in [0.15, 0.2) is 59.5 Å². The van der Waals surface area contributed by atoms with Crippen molar-refractivity contribution in [1.29, 1.82) is 0 Å². The summed E-state index contributed by atoms with van der Waals surface area (Å²) in [6.07, 6.45) is 5.57. The summed E-state index contributed by atoms with van der Waals surface area (Å²) in [6.45, 7) is 6.02. The fourth-order valence-corrected chi connectivity index (χ4v) is 4.72. The maximum absolute atomic E-state index is 13.4. The zero-order chi connectivity index (χ0) is 22.8. The van der Waals surface area contributed by atoms with E-state index in [1.165, 1.54) is 0 Å². The minimum Gasteiger partial charge on any atom is -0.378 e. The summed E-state index contributed by atoms with van der Waals surface area (Å²) in [6, 6.07) is 16.0. The number of nitrogens with one attached hydrogen (secondary N) is 1. The zero-order valence-electron chi connectivity index (χ0n) is 19.2. The Morgan fingerprint density at radius 2 is 1.85 bits per heavy atom. The quantitative estimate of drug-likeness (QED) is 0.596. The summed E-state index contributed by atoms with van der Waals surface area (Å²) in [4.78, 5) is 29.0. The average molecular weight is 446 g/mol. The van der Waals surface area contributed by atoms with Crippen molar-refractivity contribution in [2.24, 2.45) is 0 Å². The van der Waals surface area contributed by atoms with E-state index in [9.17, 15) is 9.59 Å². The molecular formula is C27H31N3O3. The molecular weight excluding hydrogens is 414 g/mol. The van der Waals surface area contributed by atoms with Crippen LogP contribution in [0.3, 0.4) is 0 Å². The maximum Gasteiger partial charge on any atom is 0.257 e. The first-order valence-corrected chi connectivity index (χ1v) is 12.0. The molecule has 0 radical (unpaired) electrons.